The molecular weight excluding hydrogens is 258 g/mol. The van der Waals surface area contributed by atoms with Crippen molar-refractivity contribution >= 4 is 5.78 Å². The first-order chi connectivity index (χ1) is 10.3. The molecule has 3 rings (SSSR count). The number of benzene rings is 2. The van der Waals surface area contributed by atoms with E-state index in [1.807, 2.05) is 48.5 Å². The van der Waals surface area contributed by atoms with Crippen LogP contribution in [0.25, 0.3) is 0 Å². The van der Waals surface area contributed by atoms with Crippen molar-refractivity contribution in [1.82, 2.24) is 4.90 Å². The number of carbonyl (C=O) groups excluding carboxylic acids is 1. The highest BCUT2D eigenvalue weighted by Gasteiger charge is 2.25. The van der Waals surface area contributed by atoms with Gasteiger partial charge in [0, 0.05) is 12.1 Å². The van der Waals surface area contributed by atoms with E-state index in [-0.39, 0.29) is 11.7 Å². The van der Waals surface area contributed by atoms with Gasteiger partial charge in [-0.15, -0.1) is 0 Å². The Morgan fingerprint density at radius 1 is 0.905 bits per heavy atom. The van der Waals surface area contributed by atoms with Crippen LogP contribution >= 0.6 is 0 Å². The van der Waals surface area contributed by atoms with E-state index in [1.54, 1.807) is 0 Å². The summed E-state index contributed by atoms with van der Waals surface area (Å²) in [6, 6.07) is 19.8. The van der Waals surface area contributed by atoms with E-state index in [4.69, 9.17) is 0 Å². The molecule has 2 aromatic rings. The summed E-state index contributed by atoms with van der Waals surface area (Å²) in [7, 11) is 0. The number of likely N-dealkylation sites (tertiary alicyclic amines) is 1. The minimum Gasteiger partial charge on any atom is -0.302 e. The zero-order chi connectivity index (χ0) is 14.5. The van der Waals surface area contributed by atoms with Gasteiger partial charge in [0.05, 0.1) is 5.92 Å². The van der Waals surface area contributed by atoms with E-state index >= 15 is 0 Å². The zero-order valence-electron chi connectivity index (χ0n) is 12.2. The molecule has 0 spiro atoms. The number of Topliss-reactive ketones (excluding diaryl/α,β-unsaturated/α-hetero) is 1. The highest BCUT2D eigenvalue weighted by Crippen LogP contribution is 2.24. The second kappa shape index (κ2) is 6.68. The van der Waals surface area contributed by atoms with Crippen LogP contribution in [-0.4, -0.2) is 30.3 Å². The second-order valence-electron chi connectivity index (χ2n) is 5.70. The van der Waals surface area contributed by atoms with Crippen molar-refractivity contribution in [3.05, 3.63) is 71.8 Å². The molecule has 1 aliphatic heterocycles. The molecule has 0 bridgehead atoms. The molecule has 1 saturated heterocycles. The van der Waals surface area contributed by atoms with Gasteiger partial charge < -0.3 is 4.90 Å². The minimum absolute atomic E-state index is 0.0632. The van der Waals surface area contributed by atoms with Gasteiger partial charge in [-0.2, -0.15) is 0 Å². The van der Waals surface area contributed by atoms with Crippen LogP contribution in [0.4, 0.5) is 0 Å². The maximum absolute atomic E-state index is 12.9. The van der Waals surface area contributed by atoms with Gasteiger partial charge in [-0.3, -0.25) is 4.79 Å². The number of hydrogen-bond acceptors (Lipinski definition) is 2. The van der Waals surface area contributed by atoms with E-state index in [2.05, 4.69) is 17.0 Å². The van der Waals surface area contributed by atoms with Crippen LogP contribution in [0.15, 0.2) is 60.7 Å². The molecule has 0 unspecified atom stereocenters. The highest BCUT2D eigenvalue weighted by atomic mass is 16.1. The Hall–Kier alpha value is -1.93. The summed E-state index contributed by atoms with van der Waals surface area (Å²) in [4.78, 5) is 15.3. The fourth-order valence-electron chi connectivity index (χ4n) is 3.05. The van der Waals surface area contributed by atoms with Crippen molar-refractivity contribution in [2.75, 3.05) is 19.6 Å². The molecule has 108 valence electrons. The smallest absolute Gasteiger partial charge is 0.171 e. The largest absolute Gasteiger partial charge is 0.302 e. The first kappa shape index (κ1) is 14.0. The lowest BCUT2D eigenvalue weighted by Crippen LogP contribution is -2.30. The maximum atomic E-state index is 12.9. The first-order valence-corrected chi connectivity index (χ1v) is 7.71. The molecule has 1 aliphatic rings. The molecule has 1 heterocycles. The van der Waals surface area contributed by atoms with Crippen LogP contribution in [-0.2, 0) is 0 Å². The van der Waals surface area contributed by atoms with Crippen LogP contribution in [0.3, 0.4) is 0 Å². The van der Waals surface area contributed by atoms with Gasteiger partial charge in [0.25, 0.3) is 0 Å². The van der Waals surface area contributed by atoms with Crippen molar-refractivity contribution in [2.45, 2.75) is 18.8 Å². The van der Waals surface area contributed by atoms with Crippen molar-refractivity contribution in [2.24, 2.45) is 0 Å². The molecule has 21 heavy (non-hydrogen) atoms. The van der Waals surface area contributed by atoms with Crippen LogP contribution in [0.2, 0.25) is 0 Å². The fraction of sp³-hybridized carbons (Fsp3) is 0.316. The average Bonchev–Trinajstić information content (AvgIpc) is 3.07. The average molecular weight is 279 g/mol. The number of nitrogens with zero attached hydrogens (tertiary/aromatic N) is 1. The normalized spacial score (nSPS) is 16.8. The quantitative estimate of drug-likeness (QED) is 0.777. The summed E-state index contributed by atoms with van der Waals surface area (Å²) in [5.41, 5.74) is 1.93. The molecule has 1 atom stereocenters. The maximum Gasteiger partial charge on any atom is 0.171 e. The van der Waals surface area contributed by atoms with Crippen LogP contribution in [0.1, 0.15) is 34.7 Å². The summed E-state index contributed by atoms with van der Waals surface area (Å²) < 4.78 is 0. The number of rotatable bonds is 5. The van der Waals surface area contributed by atoms with Crippen molar-refractivity contribution < 1.29 is 4.79 Å². The molecule has 2 aromatic carbocycles. The minimum atomic E-state index is -0.0632. The van der Waals surface area contributed by atoms with Crippen molar-refractivity contribution in [3.8, 4) is 0 Å². The third-order valence-electron chi connectivity index (χ3n) is 4.22. The lowest BCUT2D eigenvalue weighted by atomic mass is 9.90. The van der Waals surface area contributed by atoms with Crippen LogP contribution < -0.4 is 0 Å². The molecule has 0 radical (unpaired) electrons. The number of ketones is 1. The van der Waals surface area contributed by atoms with Crippen molar-refractivity contribution in [3.63, 3.8) is 0 Å². The Bertz CT molecular complexity index is 573. The zero-order valence-corrected chi connectivity index (χ0v) is 12.2. The molecule has 0 aliphatic carbocycles. The Balaban J connectivity index is 1.86. The molecule has 2 nitrogen and oxygen atoms in total. The van der Waals surface area contributed by atoms with E-state index in [1.165, 1.54) is 12.8 Å². The van der Waals surface area contributed by atoms with Gasteiger partial charge in [-0.05, 0) is 31.5 Å². The summed E-state index contributed by atoms with van der Waals surface area (Å²) in [5.74, 6) is 0.167. The Morgan fingerprint density at radius 3 is 2.10 bits per heavy atom. The van der Waals surface area contributed by atoms with E-state index < -0.39 is 0 Å². The monoisotopic (exact) mass is 279 g/mol. The lowest BCUT2D eigenvalue weighted by Gasteiger charge is -2.23. The summed E-state index contributed by atoms with van der Waals surface area (Å²) in [6.45, 7) is 3.06. The summed E-state index contributed by atoms with van der Waals surface area (Å²) in [6.07, 6.45) is 2.50. The fourth-order valence-corrected chi connectivity index (χ4v) is 3.05. The van der Waals surface area contributed by atoms with Gasteiger partial charge >= 0.3 is 0 Å². The van der Waals surface area contributed by atoms with E-state index in [9.17, 15) is 4.79 Å². The predicted octanol–water partition coefficient (Wildman–Crippen LogP) is 3.75. The summed E-state index contributed by atoms with van der Waals surface area (Å²) >= 11 is 0. The molecule has 0 N–H and O–H groups in total. The summed E-state index contributed by atoms with van der Waals surface area (Å²) in [5, 5.41) is 0. The highest BCUT2D eigenvalue weighted by molar-refractivity contribution is 6.01. The number of carbonyl (C=O) groups is 1. The molecule has 0 amide bonds. The van der Waals surface area contributed by atoms with E-state index in [0.29, 0.717) is 0 Å². The van der Waals surface area contributed by atoms with Crippen LogP contribution in [0, 0.1) is 0 Å². The van der Waals surface area contributed by atoms with Gasteiger partial charge in [0.1, 0.15) is 0 Å². The molecule has 0 aromatic heterocycles. The SMILES string of the molecule is O=C(c1ccccc1)[C@H](CN1CCCC1)c1ccccc1. The van der Waals surface area contributed by atoms with Gasteiger partial charge in [0.15, 0.2) is 5.78 Å². The molecular formula is C19H21NO. The van der Waals surface area contributed by atoms with Crippen LogP contribution in [0.5, 0.6) is 0 Å². The second-order valence-corrected chi connectivity index (χ2v) is 5.70. The predicted molar refractivity (Wildman–Crippen MR) is 85.6 cm³/mol. The topological polar surface area (TPSA) is 20.3 Å². The number of hydrogen-bond donors (Lipinski definition) is 0. The Morgan fingerprint density at radius 2 is 1.48 bits per heavy atom. The Labute approximate surface area is 126 Å². The first-order valence-electron chi connectivity index (χ1n) is 7.71. The molecule has 1 fully saturated rings. The van der Waals surface area contributed by atoms with Gasteiger partial charge in [-0.25, -0.2) is 0 Å². The molecule has 0 saturated carbocycles. The molecule has 2 heteroatoms. The van der Waals surface area contributed by atoms with Gasteiger partial charge in [0.2, 0.25) is 0 Å². The van der Waals surface area contributed by atoms with Crippen molar-refractivity contribution in [1.29, 1.82) is 0 Å². The van der Waals surface area contributed by atoms with Gasteiger partial charge in [-0.1, -0.05) is 60.7 Å². The third-order valence-corrected chi connectivity index (χ3v) is 4.22. The Kier molecular flexibility index (Phi) is 4.46. The standard InChI is InChI=1S/C19H21NO/c21-19(17-11-5-2-6-12-17)18(15-20-13-7-8-14-20)16-9-3-1-4-10-16/h1-6,9-12,18H,7-8,13-15H2/t18-/m1/s1. The lowest BCUT2D eigenvalue weighted by molar-refractivity contribution is 0.0939. The third kappa shape index (κ3) is 3.40. The van der Waals surface area contributed by atoms with E-state index in [0.717, 1.165) is 30.8 Å².